The first-order valence-corrected chi connectivity index (χ1v) is 7.47. The number of carbonyl (C=O) groups is 1. The van der Waals surface area contributed by atoms with E-state index in [1.165, 1.54) is 15.5 Å². The topological polar surface area (TPSA) is 74.9 Å². The van der Waals surface area contributed by atoms with Crippen molar-refractivity contribution in [1.29, 1.82) is 0 Å². The molecule has 0 bridgehead atoms. The molecular weight excluding hydrogens is 282 g/mol. The van der Waals surface area contributed by atoms with Crippen LogP contribution in [0.1, 0.15) is 35.7 Å². The third-order valence-electron chi connectivity index (χ3n) is 3.60. The number of unbranched alkanes of at least 4 members (excludes halogenated alkanes) is 1. The number of aromatic nitrogens is 2. The third-order valence-corrected chi connectivity index (χ3v) is 3.60. The molecule has 0 unspecified atom stereocenters. The summed E-state index contributed by atoms with van der Waals surface area (Å²) in [4.78, 5) is 30.8. The van der Waals surface area contributed by atoms with Crippen molar-refractivity contribution in [3.63, 3.8) is 0 Å². The Labute approximate surface area is 129 Å². The fourth-order valence-electron chi connectivity index (χ4n) is 2.35. The number of amides is 1. The molecule has 0 spiro atoms. The maximum absolute atomic E-state index is 12.6. The Morgan fingerprint density at radius 1 is 1.41 bits per heavy atom. The Bertz CT molecular complexity index is 724. The highest BCUT2D eigenvalue weighted by molar-refractivity contribution is 5.93. The number of aryl methyl sites for hydroxylation is 1. The summed E-state index contributed by atoms with van der Waals surface area (Å²) in [7, 11) is 0. The van der Waals surface area contributed by atoms with Gasteiger partial charge in [0.1, 0.15) is 11.2 Å². The van der Waals surface area contributed by atoms with Gasteiger partial charge >= 0.3 is 0 Å². The summed E-state index contributed by atoms with van der Waals surface area (Å²) in [6.07, 6.45) is 4.71. The molecule has 2 aromatic heterocycles. The van der Waals surface area contributed by atoms with Gasteiger partial charge in [-0.2, -0.15) is 0 Å². The number of fused-ring (bicyclic) bond motifs is 1. The lowest BCUT2D eigenvalue weighted by Gasteiger charge is -2.21. The summed E-state index contributed by atoms with van der Waals surface area (Å²) in [5, 5.41) is 9.12. The van der Waals surface area contributed by atoms with Crippen LogP contribution in [-0.2, 0) is 0 Å². The Morgan fingerprint density at radius 2 is 2.18 bits per heavy atom. The number of carbonyl (C=O) groups excluding carboxylic acids is 1. The van der Waals surface area contributed by atoms with E-state index in [9.17, 15) is 9.59 Å². The van der Waals surface area contributed by atoms with E-state index in [-0.39, 0.29) is 30.2 Å². The summed E-state index contributed by atoms with van der Waals surface area (Å²) in [6, 6.07) is 3.62. The lowest BCUT2D eigenvalue weighted by molar-refractivity contribution is 0.0717. The molecule has 22 heavy (non-hydrogen) atoms. The molecule has 1 amide bonds. The van der Waals surface area contributed by atoms with E-state index in [1.807, 2.05) is 19.9 Å². The van der Waals surface area contributed by atoms with Crippen molar-refractivity contribution in [2.75, 3.05) is 19.7 Å². The van der Waals surface area contributed by atoms with Crippen molar-refractivity contribution in [3.8, 4) is 0 Å². The van der Waals surface area contributed by atoms with Gasteiger partial charge in [-0.3, -0.25) is 14.0 Å². The van der Waals surface area contributed by atoms with Gasteiger partial charge in [0.25, 0.3) is 11.5 Å². The molecule has 6 nitrogen and oxygen atoms in total. The summed E-state index contributed by atoms with van der Waals surface area (Å²) in [5.41, 5.74) is 1.08. The first kappa shape index (κ1) is 16.2. The summed E-state index contributed by atoms with van der Waals surface area (Å²) >= 11 is 0. The highest BCUT2D eigenvalue weighted by atomic mass is 16.3. The van der Waals surface area contributed by atoms with E-state index in [0.29, 0.717) is 12.2 Å². The summed E-state index contributed by atoms with van der Waals surface area (Å²) in [5.74, 6) is -0.379. The van der Waals surface area contributed by atoms with Crippen LogP contribution in [0, 0.1) is 6.92 Å². The average Bonchev–Trinajstić information content (AvgIpc) is 2.52. The van der Waals surface area contributed by atoms with Gasteiger partial charge in [0.05, 0.1) is 6.61 Å². The molecule has 0 radical (unpaired) electrons. The fraction of sp³-hybridized carbons (Fsp3) is 0.438. The van der Waals surface area contributed by atoms with Crippen LogP contribution in [0.15, 0.2) is 29.3 Å². The minimum Gasteiger partial charge on any atom is -0.395 e. The smallest absolute Gasteiger partial charge is 0.270 e. The van der Waals surface area contributed by atoms with Gasteiger partial charge in [-0.1, -0.05) is 19.4 Å². The second-order valence-corrected chi connectivity index (χ2v) is 5.23. The monoisotopic (exact) mass is 303 g/mol. The largest absolute Gasteiger partial charge is 0.395 e. The van der Waals surface area contributed by atoms with E-state index in [0.717, 1.165) is 18.4 Å². The number of aliphatic hydroxyl groups excluding tert-OH is 1. The lowest BCUT2D eigenvalue weighted by Crippen LogP contribution is -2.38. The second kappa shape index (κ2) is 7.17. The fourth-order valence-corrected chi connectivity index (χ4v) is 2.35. The van der Waals surface area contributed by atoms with E-state index in [1.54, 1.807) is 12.3 Å². The van der Waals surface area contributed by atoms with Crippen molar-refractivity contribution in [1.82, 2.24) is 14.3 Å². The lowest BCUT2D eigenvalue weighted by atomic mass is 10.2. The average molecular weight is 303 g/mol. The number of hydrogen-bond donors (Lipinski definition) is 1. The van der Waals surface area contributed by atoms with Crippen molar-refractivity contribution < 1.29 is 9.90 Å². The molecule has 0 aromatic carbocycles. The van der Waals surface area contributed by atoms with Crippen LogP contribution in [0.25, 0.3) is 5.65 Å². The van der Waals surface area contributed by atoms with Gasteiger partial charge in [0.15, 0.2) is 0 Å². The number of rotatable bonds is 6. The molecule has 0 aliphatic heterocycles. The minimum atomic E-state index is -0.379. The molecule has 118 valence electrons. The molecule has 0 saturated carbocycles. The molecular formula is C16H21N3O3. The molecule has 0 fully saturated rings. The number of pyridine rings is 1. The van der Waals surface area contributed by atoms with E-state index in [4.69, 9.17) is 5.11 Å². The standard InChI is InChI=1S/C16H21N3O3/c1-3-4-7-18(9-10-20)15(21)13-11-17-14-12(2)6-5-8-19(14)16(13)22/h5-6,8,11,20H,3-4,7,9-10H2,1-2H3. The first-order chi connectivity index (χ1) is 10.6. The molecule has 2 rings (SSSR count). The summed E-state index contributed by atoms with van der Waals surface area (Å²) < 4.78 is 1.39. The molecule has 0 aliphatic carbocycles. The van der Waals surface area contributed by atoms with E-state index in [2.05, 4.69) is 4.98 Å². The molecule has 2 heterocycles. The van der Waals surface area contributed by atoms with Crippen LogP contribution in [0.4, 0.5) is 0 Å². The Kier molecular flexibility index (Phi) is 5.27. The maximum atomic E-state index is 12.6. The van der Waals surface area contributed by atoms with Gasteiger partial charge < -0.3 is 10.0 Å². The van der Waals surface area contributed by atoms with Gasteiger partial charge in [0, 0.05) is 25.5 Å². The van der Waals surface area contributed by atoms with Crippen LogP contribution in [0.2, 0.25) is 0 Å². The molecule has 1 N–H and O–H groups in total. The zero-order chi connectivity index (χ0) is 16.1. The highest BCUT2D eigenvalue weighted by Crippen LogP contribution is 2.07. The maximum Gasteiger partial charge on any atom is 0.270 e. The Balaban J connectivity index is 2.42. The van der Waals surface area contributed by atoms with Crippen molar-refractivity contribution in [2.45, 2.75) is 26.7 Å². The van der Waals surface area contributed by atoms with E-state index >= 15 is 0 Å². The Hall–Kier alpha value is -2.21. The van der Waals surface area contributed by atoms with Crippen LogP contribution in [0.5, 0.6) is 0 Å². The predicted molar refractivity (Wildman–Crippen MR) is 84.1 cm³/mol. The third kappa shape index (κ3) is 3.17. The zero-order valence-electron chi connectivity index (χ0n) is 13.0. The highest BCUT2D eigenvalue weighted by Gasteiger charge is 2.19. The van der Waals surface area contributed by atoms with Gasteiger partial charge in [0.2, 0.25) is 0 Å². The van der Waals surface area contributed by atoms with Crippen molar-refractivity contribution in [2.24, 2.45) is 0 Å². The summed E-state index contributed by atoms with van der Waals surface area (Å²) in [6.45, 7) is 4.50. The zero-order valence-corrected chi connectivity index (χ0v) is 13.0. The van der Waals surface area contributed by atoms with Crippen molar-refractivity contribution >= 4 is 11.6 Å². The van der Waals surface area contributed by atoms with Gasteiger partial charge in [-0.15, -0.1) is 0 Å². The van der Waals surface area contributed by atoms with Crippen LogP contribution < -0.4 is 5.56 Å². The van der Waals surface area contributed by atoms with Gasteiger partial charge in [-0.05, 0) is 25.0 Å². The number of hydrogen-bond acceptors (Lipinski definition) is 4. The molecule has 6 heteroatoms. The normalized spacial score (nSPS) is 10.9. The molecule has 2 aromatic rings. The molecule has 0 saturated heterocycles. The molecule has 0 atom stereocenters. The first-order valence-electron chi connectivity index (χ1n) is 7.47. The molecule has 0 aliphatic rings. The number of aliphatic hydroxyl groups is 1. The van der Waals surface area contributed by atoms with Crippen LogP contribution in [-0.4, -0.2) is 45.0 Å². The predicted octanol–water partition coefficient (Wildman–Crippen LogP) is 1.24. The van der Waals surface area contributed by atoms with Crippen molar-refractivity contribution in [3.05, 3.63) is 46.0 Å². The minimum absolute atomic E-state index is 0.0349. The van der Waals surface area contributed by atoms with Gasteiger partial charge in [-0.25, -0.2) is 4.98 Å². The van der Waals surface area contributed by atoms with Crippen LogP contribution in [0.3, 0.4) is 0 Å². The van der Waals surface area contributed by atoms with Crippen LogP contribution >= 0.6 is 0 Å². The number of nitrogens with zero attached hydrogens (tertiary/aromatic N) is 3. The van der Waals surface area contributed by atoms with E-state index < -0.39 is 0 Å². The second-order valence-electron chi connectivity index (χ2n) is 5.23. The quantitative estimate of drug-likeness (QED) is 0.871. The Morgan fingerprint density at radius 3 is 2.86 bits per heavy atom. The SMILES string of the molecule is CCCCN(CCO)C(=O)c1cnc2c(C)cccn2c1=O.